The molecule has 2 heterocycles. The van der Waals surface area contributed by atoms with Crippen LogP contribution in [0, 0.1) is 11.6 Å². The molecule has 1 aliphatic heterocycles. The lowest BCUT2D eigenvalue weighted by atomic mass is 10.1. The van der Waals surface area contributed by atoms with Gasteiger partial charge in [0.2, 0.25) is 0 Å². The van der Waals surface area contributed by atoms with Crippen molar-refractivity contribution < 1.29 is 28.3 Å². The predicted molar refractivity (Wildman–Crippen MR) is 156 cm³/mol. The van der Waals surface area contributed by atoms with E-state index in [4.69, 9.17) is 26.3 Å². The Labute approximate surface area is 238 Å². The summed E-state index contributed by atoms with van der Waals surface area (Å²) in [5.41, 5.74) is 2.53. The summed E-state index contributed by atoms with van der Waals surface area (Å²) in [6.45, 7) is 15.3. The van der Waals surface area contributed by atoms with E-state index in [1.807, 2.05) is 27.4 Å². The summed E-state index contributed by atoms with van der Waals surface area (Å²) in [5, 5.41) is 11.4. The highest BCUT2D eigenvalue weighted by atomic mass is 35.5. The molecular formula is C29H35ClF2N4O4. The van der Waals surface area contributed by atoms with Crippen LogP contribution < -0.4 is 5.32 Å². The van der Waals surface area contributed by atoms with E-state index in [0.717, 1.165) is 17.7 Å². The van der Waals surface area contributed by atoms with E-state index in [1.54, 1.807) is 19.2 Å². The molecule has 3 rings (SSSR count). The number of halogens is 3. The second kappa shape index (κ2) is 19.1. The third-order valence-electron chi connectivity index (χ3n) is 5.38. The molecule has 1 aliphatic rings. The van der Waals surface area contributed by atoms with Crippen molar-refractivity contribution in [1.82, 2.24) is 9.88 Å². The molecule has 8 nitrogen and oxygen atoms in total. The van der Waals surface area contributed by atoms with Gasteiger partial charge >= 0.3 is 0 Å². The summed E-state index contributed by atoms with van der Waals surface area (Å²) >= 11 is 6.04. The maximum Gasteiger partial charge on any atom is 0.158 e. The Bertz CT molecular complexity index is 1240. The Morgan fingerprint density at radius 3 is 2.33 bits per heavy atom. The molecule has 0 spiro atoms. The number of benzene rings is 1. The van der Waals surface area contributed by atoms with Crippen molar-refractivity contribution in [2.24, 2.45) is 4.99 Å². The first-order valence-electron chi connectivity index (χ1n) is 12.1. The maximum atomic E-state index is 15.3. The number of anilines is 1. The zero-order chi connectivity index (χ0) is 30.8. The number of aliphatic imine (C=N–C) groups is 1. The van der Waals surface area contributed by atoms with Crippen LogP contribution in [0.2, 0.25) is 5.02 Å². The van der Waals surface area contributed by atoms with E-state index in [-0.39, 0.29) is 29.3 Å². The van der Waals surface area contributed by atoms with Gasteiger partial charge in [-0.05, 0) is 50.5 Å². The highest BCUT2D eigenvalue weighted by Gasteiger charge is 2.22. The van der Waals surface area contributed by atoms with Gasteiger partial charge in [0.15, 0.2) is 11.6 Å². The molecule has 0 saturated carbocycles. The molecule has 2 aromatic rings. The molecule has 11 heteroatoms. The second-order valence-corrected chi connectivity index (χ2v) is 8.34. The minimum atomic E-state index is -0.777. The summed E-state index contributed by atoms with van der Waals surface area (Å²) in [6, 6.07) is 4.28. The van der Waals surface area contributed by atoms with Crippen LogP contribution in [0.15, 0.2) is 59.6 Å². The molecule has 1 aromatic heterocycles. The number of hydrogen-bond donors (Lipinski definition) is 2. The fourth-order valence-electron chi connectivity index (χ4n) is 3.28. The van der Waals surface area contributed by atoms with Gasteiger partial charge in [0.1, 0.15) is 19.4 Å². The third-order valence-corrected chi connectivity index (χ3v) is 5.58. The van der Waals surface area contributed by atoms with Crippen molar-refractivity contribution in [2.75, 3.05) is 11.9 Å². The monoisotopic (exact) mass is 576 g/mol. The first kappa shape index (κ1) is 36.0. The van der Waals surface area contributed by atoms with Crippen molar-refractivity contribution in [2.45, 2.75) is 47.1 Å². The number of ketones is 1. The number of aromatic nitrogens is 1. The molecule has 0 bridgehead atoms. The molecule has 0 amide bonds. The molecule has 40 heavy (non-hydrogen) atoms. The highest BCUT2D eigenvalue weighted by molar-refractivity contribution is 6.30. The minimum absolute atomic E-state index is 0.0716. The molecule has 0 atom stereocenters. The number of hydrogen-bond acceptors (Lipinski definition) is 8. The van der Waals surface area contributed by atoms with Crippen LogP contribution in [0.4, 0.5) is 14.5 Å². The van der Waals surface area contributed by atoms with E-state index < -0.39 is 11.6 Å². The Balaban J connectivity index is 0.00000171. The average Bonchev–Trinajstić information content (AvgIpc) is 2.98. The molecule has 0 aliphatic carbocycles. The third kappa shape index (κ3) is 9.94. The standard InChI is InChI=1S/C24H23ClF2N4O.C3H8O.2CH2O/c1-5-19-16(9-17(25)11-29-19)10-28-20-8-7-18(26)23(24(20)27)21-13-31(6-2)22(12-30-21)14(3)15(4)32;1-2-3-4;2*1-2/h6-9,11-13,28H,2,5,10H2,1,3-4H3;4H,2-3H2,1H3;2*1H2/b22-14+;;;. The lowest BCUT2D eigenvalue weighted by Gasteiger charge is -2.23. The Kier molecular flexibility index (Phi) is 17.2. The Hall–Kier alpha value is -4.02. The number of rotatable bonds is 8. The summed E-state index contributed by atoms with van der Waals surface area (Å²) < 4.78 is 30.0. The van der Waals surface area contributed by atoms with E-state index in [0.29, 0.717) is 29.3 Å². The van der Waals surface area contributed by atoms with Crippen molar-refractivity contribution in [1.29, 1.82) is 0 Å². The molecular weight excluding hydrogens is 542 g/mol. The Morgan fingerprint density at radius 2 is 1.80 bits per heavy atom. The molecule has 2 N–H and O–H groups in total. The van der Waals surface area contributed by atoms with Crippen LogP contribution in [0.3, 0.4) is 0 Å². The van der Waals surface area contributed by atoms with Crippen molar-refractivity contribution >= 4 is 48.6 Å². The Morgan fingerprint density at radius 1 is 1.18 bits per heavy atom. The van der Waals surface area contributed by atoms with E-state index in [2.05, 4.69) is 21.9 Å². The fraction of sp³-hybridized carbons (Fsp3) is 0.276. The van der Waals surface area contributed by atoms with Gasteiger partial charge in [-0.3, -0.25) is 14.8 Å². The molecule has 0 unspecified atom stereocenters. The zero-order valence-electron chi connectivity index (χ0n) is 23.1. The van der Waals surface area contributed by atoms with Crippen LogP contribution in [-0.4, -0.2) is 47.2 Å². The van der Waals surface area contributed by atoms with Crippen LogP contribution in [0.25, 0.3) is 5.70 Å². The quantitative estimate of drug-likeness (QED) is 0.376. The largest absolute Gasteiger partial charge is 0.396 e. The first-order valence-corrected chi connectivity index (χ1v) is 12.5. The maximum absolute atomic E-state index is 15.3. The molecule has 0 fully saturated rings. The highest BCUT2D eigenvalue weighted by Crippen LogP contribution is 2.32. The summed E-state index contributed by atoms with van der Waals surface area (Å²) in [4.78, 5) is 37.7. The number of Topliss-reactive ketones (excluding diaryl/α,β-unsaturated/α-hetero) is 1. The van der Waals surface area contributed by atoms with Gasteiger partial charge in [-0.2, -0.15) is 0 Å². The average molecular weight is 577 g/mol. The van der Waals surface area contributed by atoms with Crippen LogP contribution >= 0.6 is 11.6 Å². The lowest BCUT2D eigenvalue weighted by molar-refractivity contribution is -0.113. The smallest absolute Gasteiger partial charge is 0.158 e. The zero-order valence-corrected chi connectivity index (χ0v) is 23.9. The SMILES string of the molecule is C=CN1C=C(c2c(F)ccc(NCc3cc(Cl)cnc3CC)c2F)N=C/C1=C(/C)C(C)=O.C=O.C=O.CCCO. The van der Waals surface area contributed by atoms with Gasteiger partial charge in [0.05, 0.1) is 33.9 Å². The van der Waals surface area contributed by atoms with E-state index in [1.165, 1.54) is 42.6 Å². The number of aliphatic hydroxyl groups is 1. The summed E-state index contributed by atoms with van der Waals surface area (Å²) in [7, 11) is 0. The van der Waals surface area contributed by atoms with Gasteiger partial charge in [-0.15, -0.1) is 0 Å². The lowest BCUT2D eigenvalue weighted by Crippen LogP contribution is -2.18. The predicted octanol–water partition coefficient (Wildman–Crippen LogP) is 5.90. The molecule has 1 aromatic carbocycles. The topological polar surface area (TPSA) is 112 Å². The van der Waals surface area contributed by atoms with Crippen LogP contribution in [-0.2, 0) is 27.3 Å². The van der Waals surface area contributed by atoms with Gasteiger partial charge in [-0.1, -0.05) is 32.0 Å². The number of aryl methyl sites for hydroxylation is 1. The van der Waals surface area contributed by atoms with Gasteiger partial charge < -0.3 is 24.9 Å². The summed E-state index contributed by atoms with van der Waals surface area (Å²) in [6.07, 6.45) is 7.42. The van der Waals surface area contributed by atoms with Gasteiger partial charge in [-0.25, -0.2) is 8.78 Å². The van der Waals surface area contributed by atoms with Crippen LogP contribution in [0.1, 0.15) is 50.9 Å². The minimum Gasteiger partial charge on any atom is -0.396 e. The fourth-order valence-corrected chi connectivity index (χ4v) is 3.46. The van der Waals surface area contributed by atoms with Crippen molar-refractivity contribution in [3.63, 3.8) is 0 Å². The van der Waals surface area contributed by atoms with E-state index >= 15 is 4.39 Å². The number of nitrogens with zero attached hydrogens (tertiary/aromatic N) is 3. The second-order valence-electron chi connectivity index (χ2n) is 7.90. The van der Waals surface area contributed by atoms with Gasteiger partial charge in [0, 0.05) is 43.0 Å². The van der Waals surface area contributed by atoms with Crippen molar-refractivity contribution in [3.8, 4) is 0 Å². The molecule has 0 saturated heterocycles. The number of carbonyl (C=O) groups is 3. The number of allylic oxidation sites excluding steroid dienone is 2. The van der Waals surface area contributed by atoms with E-state index in [9.17, 15) is 9.18 Å². The number of aliphatic hydroxyl groups excluding tert-OH is 1. The van der Waals surface area contributed by atoms with Gasteiger partial charge in [0.25, 0.3) is 0 Å². The molecule has 216 valence electrons. The molecule has 0 radical (unpaired) electrons. The number of nitrogens with one attached hydrogen (secondary N) is 1. The first-order chi connectivity index (χ1) is 19.2. The number of carbonyl (C=O) groups excluding carboxylic acids is 3. The number of pyridine rings is 1. The van der Waals surface area contributed by atoms with Crippen molar-refractivity contribution in [3.05, 3.63) is 88.1 Å². The van der Waals surface area contributed by atoms with Crippen LogP contribution in [0.5, 0.6) is 0 Å². The normalized spacial score (nSPS) is 12.8. The summed E-state index contributed by atoms with van der Waals surface area (Å²) in [5.74, 6) is -1.67.